The first kappa shape index (κ1) is 15.8. The summed E-state index contributed by atoms with van der Waals surface area (Å²) >= 11 is 0.942. The van der Waals surface area contributed by atoms with E-state index in [9.17, 15) is 14.4 Å². The number of aromatic nitrogens is 3. The van der Waals surface area contributed by atoms with Crippen LogP contribution in [0.25, 0.3) is 10.2 Å². The van der Waals surface area contributed by atoms with Crippen LogP contribution in [-0.2, 0) is 11.3 Å². The second-order valence-corrected chi connectivity index (χ2v) is 5.98. The number of rotatable bonds is 4. The summed E-state index contributed by atoms with van der Waals surface area (Å²) < 4.78 is 1.14. The van der Waals surface area contributed by atoms with Gasteiger partial charge < -0.3 is 10.4 Å². The number of anilines is 1. The van der Waals surface area contributed by atoms with E-state index in [1.54, 1.807) is 25.1 Å². The summed E-state index contributed by atoms with van der Waals surface area (Å²) in [6.07, 6.45) is 2.78. The van der Waals surface area contributed by atoms with Gasteiger partial charge in [-0.05, 0) is 24.6 Å². The average molecular weight is 344 g/mol. The molecular weight excluding hydrogens is 332 g/mol. The first-order valence-electron chi connectivity index (χ1n) is 6.90. The largest absolute Gasteiger partial charge is 0.477 e. The highest BCUT2D eigenvalue weighted by Gasteiger charge is 2.19. The van der Waals surface area contributed by atoms with E-state index in [0.717, 1.165) is 15.9 Å². The molecule has 3 aromatic heterocycles. The van der Waals surface area contributed by atoms with Crippen LogP contribution >= 0.6 is 11.3 Å². The highest BCUT2D eigenvalue weighted by atomic mass is 32.1. The predicted molar refractivity (Wildman–Crippen MR) is 88.4 cm³/mol. The van der Waals surface area contributed by atoms with E-state index in [2.05, 4.69) is 15.3 Å². The summed E-state index contributed by atoms with van der Waals surface area (Å²) in [7, 11) is 0. The Bertz CT molecular complexity index is 994. The Morgan fingerprint density at radius 3 is 2.79 bits per heavy atom. The molecule has 0 radical (unpaired) electrons. The third-order valence-corrected chi connectivity index (χ3v) is 4.55. The van der Waals surface area contributed by atoms with Gasteiger partial charge in [-0.3, -0.25) is 14.2 Å². The second kappa shape index (κ2) is 6.20. The number of thiophene rings is 1. The van der Waals surface area contributed by atoms with Gasteiger partial charge in [-0.2, -0.15) is 0 Å². The minimum atomic E-state index is -1.10. The van der Waals surface area contributed by atoms with Gasteiger partial charge >= 0.3 is 5.97 Å². The number of fused-ring (bicyclic) bond motifs is 1. The Morgan fingerprint density at radius 2 is 2.12 bits per heavy atom. The summed E-state index contributed by atoms with van der Waals surface area (Å²) in [5, 5.41) is 11.9. The molecule has 3 heterocycles. The molecule has 0 atom stereocenters. The number of carboxylic acid groups (broad SMARTS) is 1. The molecule has 3 aromatic rings. The van der Waals surface area contributed by atoms with Gasteiger partial charge in [0.1, 0.15) is 22.1 Å². The molecule has 0 aliphatic carbocycles. The monoisotopic (exact) mass is 344 g/mol. The summed E-state index contributed by atoms with van der Waals surface area (Å²) in [4.78, 5) is 44.2. The molecule has 0 aliphatic rings. The lowest BCUT2D eigenvalue weighted by Gasteiger charge is -2.06. The summed E-state index contributed by atoms with van der Waals surface area (Å²) in [5.74, 6) is -1.15. The van der Waals surface area contributed by atoms with Gasteiger partial charge in [-0.25, -0.2) is 14.8 Å². The van der Waals surface area contributed by atoms with E-state index in [-0.39, 0.29) is 16.8 Å². The molecule has 0 bridgehead atoms. The molecule has 0 fully saturated rings. The lowest BCUT2D eigenvalue weighted by molar-refractivity contribution is -0.116. The minimum Gasteiger partial charge on any atom is -0.477 e. The molecule has 8 nitrogen and oxygen atoms in total. The Labute approximate surface area is 139 Å². The van der Waals surface area contributed by atoms with E-state index in [1.165, 1.54) is 12.5 Å². The van der Waals surface area contributed by atoms with Crippen molar-refractivity contribution >= 4 is 39.2 Å². The lowest BCUT2D eigenvalue weighted by Crippen LogP contribution is -2.28. The maximum absolute atomic E-state index is 12.5. The maximum atomic E-state index is 12.5. The van der Waals surface area contributed by atoms with E-state index in [0.29, 0.717) is 16.2 Å². The zero-order chi connectivity index (χ0) is 17.3. The molecule has 0 unspecified atom stereocenters. The zero-order valence-electron chi connectivity index (χ0n) is 12.5. The lowest BCUT2D eigenvalue weighted by atomic mass is 10.2. The highest BCUT2D eigenvalue weighted by Crippen LogP contribution is 2.26. The third-order valence-electron chi connectivity index (χ3n) is 3.36. The van der Waals surface area contributed by atoms with Gasteiger partial charge in [0.05, 0.1) is 11.7 Å². The fraction of sp³-hybridized carbons (Fsp3) is 0.133. The normalized spacial score (nSPS) is 10.7. The molecule has 0 saturated carbocycles. The predicted octanol–water partition coefficient (Wildman–Crippen LogP) is 1.50. The molecule has 0 aromatic carbocycles. The van der Waals surface area contributed by atoms with Gasteiger partial charge in [0.25, 0.3) is 5.56 Å². The van der Waals surface area contributed by atoms with Crippen LogP contribution in [0.3, 0.4) is 0 Å². The average Bonchev–Trinajstić information content (AvgIpc) is 2.89. The first-order valence-corrected chi connectivity index (χ1v) is 7.71. The smallest absolute Gasteiger partial charge is 0.346 e. The van der Waals surface area contributed by atoms with Gasteiger partial charge in [0.2, 0.25) is 5.91 Å². The second-order valence-electron chi connectivity index (χ2n) is 4.98. The van der Waals surface area contributed by atoms with Crippen LogP contribution in [0.1, 0.15) is 15.2 Å². The standard InChI is InChI=1S/C15H12N4O4S/c1-8-11-13(24-12(8)15(22)23)17-7-19(14(11)21)6-10(20)18-9-4-2-3-5-16-9/h2-5,7H,6H2,1H3,(H,22,23)(H,16,18,20). The number of hydrogen-bond donors (Lipinski definition) is 2. The third kappa shape index (κ3) is 2.88. The molecule has 0 spiro atoms. The Morgan fingerprint density at radius 1 is 1.33 bits per heavy atom. The fourth-order valence-electron chi connectivity index (χ4n) is 2.25. The van der Waals surface area contributed by atoms with Crippen molar-refractivity contribution in [3.05, 3.63) is 51.5 Å². The van der Waals surface area contributed by atoms with Crippen molar-refractivity contribution in [2.24, 2.45) is 0 Å². The highest BCUT2D eigenvalue weighted by molar-refractivity contribution is 7.20. The van der Waals surface area contributed by atoms with Gasteiger partial charge in [0, 0.05) is 6.20 Å². The van der Waals surface area contributed by atoms with Crippen LogP contribution in [-0.4, -0.2) is 31.5 Å². The number of carbonyl (C=O) groups is 2. The van der Waals surface area contributed by atoms with E-state index >= 15 is 0 Å². The Hall–Kier alpha value is -3.07. The quantitative estimate of drug-likeness (QED) is 0.741. The number of amides is 1. The van der Waals surface area contributed by atoms with Crippen molar-refractivity contribution in [3.63, 3.8) is 0 Å². The number of hydrogen-bond acceptors (Lipinski definition) is 6. The van der Waals surface area contributed by atoms with Crippen molar-refractivity contribution in [3.8, 4) is 0 Å². The van der Waals surface area contributed by atoms with Gasteiger partial charge in [-0.15, -0.1) is 11.3 Å². The van der Waals surface area contributed by atoms with Gasteiger partial charge in [0.15, 0.2) is 0 Å². The topological polar surface area (TPSA) is 114 Å². The fourth-order valence-corrected chi connectivity index (χ4v) is 3.23. The minimum absolute atomic E-state index is 0.0743. The van der Waals surface area contributed by atoms with Crippen molar-refractivity contribution in [2.75, 3.05) is 5.32 Å². The van der Waals surface area contributed by atoms with E-state index in [1.807, 2.05) is 0 Å². The van der Waals surface area contributed by atoms with Crippen molar-refractivity contribution in [1.82, 2.24) is 14.5 Å². The number of carbonyl (C=O) groups excluding carboxylic acids is 1. The van der Waals surface area contributed by atoms with Crippen LogP contribution < -0.4 is 10.9 Å². The molecule has 9 heteroatoms. The molecule has 24 heavy (non-hydrogen) atoms. The van der Waals surface area contributed by atoms with Gasteiger partial charge in [-0.1, -0.05) is 6.07 Å². The zero-order valence-corrected chi connectivity index (χ0v) is 13.3. The molecular formula is C15H12N4O4S. The van der Waals surface area contributed by atoms with Crippen LogP contribution in [0.5, 0.6) is 0 Å². The summed E-state index contributed by atoms with van der Waals surface area (Å²) in [5.41, 5.74) is -0.0862. The van der Waals surface area contributed by atoms with Crippen LogP contribution in [0.2, 0.25) is 0 Å². The molecule has 2 N–H and O–H groups in total. The molecule has 122 valence electrons. The van der Waals surface area contributed by atoms with Crippen LogP contribution in [0.4, 0.5) is 5.82 Å². The summed E-state index contributed by atoms with van der Waals surface area (Å²) in [6, 6.07) is 5.08. The SMILES string of the molecule is Cc1c(C(=O)O)sc2ncn(CC(=O)Nc3ccccn3)c(=O)c12. The molecule has 1 amide bonds. The number of carboxylic acids is 1. The number of nitrogens with one attached hydrogen (secondary N) is 1. The first-order chi connectivity index (χ1) is 11.5. The van der Waals surface area contributed by atoms with E-state index < -0.39 is 17.4 Å². The van der Waals surface area contributed by atoms with Crippen molar-refractivity contribution < 1.29 is 14.7 Å². The molecule has 0 saturated heterocycles. The number of aryl methyl sites for hydroxylation is 1. The van der Waals surface area contributed by atoms with Crippen LogP contribution in [0.15, 0.2) is 35.5 Å². The Balaban J connectivity index is 1.92. The van der Waals surface area contributed by atoms with E-state index in [4.69, 9.17) is 5.11 Å². The maximum Gasteiger partial charge on any atom is 0.346 e. The van der Waals surface area contributed by atoms with Crippen molar-refractivity contribution in [1.29, 1.82) is 0 Å². The number of nitrogens with zero attached hydrogens (tertiary/aromatic N) is 3. The Kier molecular flexibility index (Phi) is 4.09. The number of pyridine rings is 1. The van der Waals surface area contributed by atoms with Crippen LogP contribution in [0, 0.1) is 6.92 Å². The molecule has 0 aliphatic heterocycles. The molecule has 3 rings (SSSR count). The summed E-state index contributed by atoms with van der Waals surface area (Å²) in [6.45, 7) is 1.32. The number of aromatic carboxylic acids is 1. The van der Waals surface area contributed by atoms with Crippen molar-refractivity contribution in [2.45, 2.75) is 13.5 Å².